The molecule has 1 unspecified atom stereocenters. The normalized spacial score (nSPS) is 17.8. The minimum Gasteiger partial charge on any atom is -0.423 e. The van der Waals surface area contributed by atoms with Crippen LogP contribution in [0.5, 0.6) is 0 Å². The average molecular weight is 450 g/mol. The third-order valence-electron chi connectivity index (χ3n) is 5.41. The van der Waals surface area contributed by atoms with E-state index in [9.17, 15) is 29.3 Å². The number of benzene rings is 2. The fraction of sp³-hybridized carbons (Fsp3) is 0.182. The van der Waals surface area contributed by atoms with E-state index >= 15 is 0 Å². The quantitative estimate of drug-likeness (QED) is 0.262. The van der Waals surface area contributed by atoms with Gasteiger partial charge in [0.2, 0.25) is 5.91 Å². The summed E-state index contributed by atoms with van der Waals surface area (Å²) in [7, 11) is 0. The molecule has 2 heterocycles. The van der Waals surface area contributed by atoms with Crippen LogP contribution in [-0.2, 0) is 21.7 Å². The molecule has 1 saturated heterocycles. The summed E-state index contributed by atoms with van der Waals surface area (Å²) in [6, 6.07) is 10.6. The van der Waals surface area contributed by atoms with Gasteiger partial charge in [-0.2, -0.15) is 0 Å². The van der Waals surface area contributed by atoms with Crippen molar-refractivity contribution in [1.82, 2.24) is 10.2 Å². The largest absolute Gasteiger partial charge is 0.423 e. The molecule has 168 valence electrons. The Morgan fingerprint density at radius 1 is 1.15 bits per heavy atom. The topological polar surface area (TPSA) is 152 Å². The van der Waals surface area contributed by atoms with Gasteiger partial charge in [0.25, 0.3) is 11.6 Å². The van der Waals surface area contributed by atoms with Gasteiger partial charge in [0.05, 0.1) is 11.5 Å². The first-order chi connectivity index (χ1) is 15.6. The lowest BCUT2D eigenvalue weighted by atomic mass is 9.92. The van der Waals surface area contributed by atoms with E-state index in [4.69, 9.17) is 4.42 Å². The fourth-order valence-corrected chi connectivity index (χ4v) is 3.76. The van der Waals surface area contributed by atoms with Gasteiger partial charge < -0.3 is 15.1 Å². The summed E-state index contributed by atoms with van der Waals surface area (Å²) in [5.74, 6) is -0.865. The maximum atomic E-state index is 13.2. The zero-order valence-corrected chi connectivity index (χ0v) is 17.6. The Hall–Kier alpha value is -4.54. The van der Waals surface area contributed by atoms with E-state index in [-0.39, 0.29) is 23.7 Å². The van der Waals surface area contributed by atoms with Crippen LogP contribution in [0.4, 0.5) is 16.2 Å². The fourth-order valence-electron chi connectivity index (χ4n) is 3.76. The minimum absolute atomic E-state index is 0.142. The van der Waals surface area contributed by atoms with Crippen molar-refractivity contribution < 1.29 is 23.7 Å². The average Bonchev–Trinajstić information content (AvgIpc) is 2.97. The van der Waals surface area contributed by atoms with E-state index < -0.39 is 28.0 Å². The van der Waals surface area contributed by atoms with Crippen LogP contribution in [0.1, 0.15) is 25.0 Å². The molecule has 4 rings (SSSR count). The molecule has 11 nitrogen and oxygen atoms in total. The molecule has 1 aromatic heterocycles. The molecule has 2 N–H and O–H groups in total. The standard InChI is InChI=1S/C22H18N4O7/c1-12(27)23-15-5-8-17-13(9-19(28)33-18(17)10-15)11-25-20(29)22(2,24-21(25)30)14-3-6-16(7-4-14)26(31)32/h3-10H,11H2,1-2H3,(H,23,27)(H,24,30). The Morgan fingerprint density at radius 2 is 1.85 bits per heavy atom. The first kappa shape index (κ1) is 21.7. The number of nitrogens with zero attached hydrogens (tertiary/aromatic N) is 2. The predicted molar refractivity (Wildman–Crippen MR) is 116 cm³/mol. The van der Waals surface area contributed by atoms with E-state index in [2.05, 4.69) is 10.6 Å². The molecule has 4 amide bonds. The van der Waals surface area contributed by atoms with Crippen LogP contribution in [0.25, 0.3) is 11.0 Å². The summed E-state index contributed by atoms with van der Waals surface area (Å²) in [4.78, 5) is 60.6. The number of non-ortho nitro benzene ring substituents is 1. The summed E-state index contributed by atoms with van der Waals surface area (Å²) in [5.41, 5.74) is -0.872. The molecule has 1 aliphatic heterocycles. The van der Waals surface area contributed by atoms with E-state index in [1.165, 1.54) is 50.2 Å². The van der Waals surface area contributed by atoms with Gasteiger partial charge in [-0.1, -0.05) is 0 Å². The Balaban J connectivity index is 1.67. The van der Waals surface area contributed by atoms with E-state index in [1.54, 1.807) is 12.1 Å². The first-order valence-electron chi connectivity index (χ1n) is 9.82. The highest BCUT2D eigenvalue weighted by atomic mass is 16.6. The highest BCUT2D eigenvalue weighted by Gasteiger charge is 2.49. The second kappa shape index (κ2) is 7.86. The number of hydrogen-bond donors (Lipinski definition) is 2. The van der Waals surface area contributed by atoms with Crippen LogP contribution in [-0.4, -0.2) is 27.7 Å². The van der Waals surface area contributed by atoms with Crippen LogP contribution in [0.15, 0.2) is 57.7 Å². The van der Waals surface area contributed by atoms with Crippen molar-refractivity contribution in [2.24, 2.45) is 0 Å². The van der Waals surface area contributed by atoms with Crippen LogP contribution < -0.4 is 16.3 Å². The number of imide groups is 1. The maximum absolute atomic E-state index is 13.2. The lowest BCUT2D eigenvalue weighted by Gasteiger charge is -2.22. The third kappa shape index (κ3) is 3.91. The highest BCUT2D eigenvalue weighted by molar-refractivity contribution is 6.07. The Morgan fingerprint density at radius 3 is 2.48 bits per heavy atom. The van der Waals surface area contributed by atoms with Crippen molar-refractivity contribution in [3.8, 4) is 0 Å². The molecule has 33 heavy (non-hydrogen) atoms. The number of amides is 4. The van der Waals surface area contributed by atoms with Gasteiger partial charge in [0.1, 0.15) is 11.1 Å². The Labute approximate surface area is 186 Å². The zero-order chi connectivity index (χ0) is 23.9. The van der Waals surface area contributed by atoms with E-state index in [1.807, 2.05) is 0 Å². The number of fused-ring (bicyclic) bond motifs is 1. The molecule has 3 aromatic rings. The smallest absolute Gasteiger partial charge is 0.336 e. The number of hydrogen-bond acceptors (Lipinski definition) is 7. The molecule has 1 atom stereocenters. The van der Waals surface area contributed by atoms with Crippen molar-refractivity contribution in [2.45, 2.75) is 25.9 Å². The second-order valence-corrected chi connectivity index (χ2v) is 7.73. The lowest BCUT2D eigenvalue weighted by molar-refractivity contribution is -0.384. The van der Waals surface area contributed by atoms with Crippen molar-refractivity contribution in [1.29, 1.82) is 0 Å². The van der Waals surface area contributed by atoms with Crippen molar-refractivity contribution >= 4 is 40.2 Å². The molecular formula is C22H18N4O7. The van der Waals surface area contributed by atoms with Gasteiger partial charge in [-0.3, -0.25) is 24.6 Å². The molecule has 1 aliphatic rings. The lowest BCUT2D eigenvalue weighted by Crippen LogP contribution is -2.40. The van der Waals surface area contributed by atoms with Crippen LogP contribution in [0.3, 0.4) is 0 Å². The van der Waals surface area contributed by atoms with Gasteiger partial charge in [-0.05, 0) is 42.3 Å². The molecule has 0 saturated carbocycles. The number of nitro groups is 1. The SMILES string of the molecule is CC(=O)Nc1ccc2c(CN3C(=O)NC(C)(c4ccc([N+](=O)[O-])cc4)C3=O)cc(=O)oc2c1. The van der Waals surface area contributed by atoms with Crippen LogP contribution in [0, 0.1) is 10.1 Å². The molecule has 1 fully saturated rings. The highest BCUT2D eigenvalue weighted by Crippen LogP contribution is 2.32. The molecule has 0 radical (unpaired) electrons. The number of carbonyl (C=O) groups excluding carboxylic acids is 3. The van der Waals surface area contributed by atoms with Gasteiger partial charge in [-0.15, -0.1) is 0 Å². The summed E-state index contributed by atoms with van der Waals surface area (Å²) in [5, 5.41) is 16.6. The van der Waals surface area contributed by atoms with E-state index in [0.717, 1.165) is 4.90 Å². The van der Waals surface area contributed by atoms with Gasteiger partial charge >= 0.3 is 11.7 Å². The summed E-state index contributed by atoms with van der Waals surface area (Å²) in [6.07, 6.45) is 0. The number of nitro benzene ring substituents is 1. The van der Waals surface area contributed by atoms with Crippen molar-refractivity contribution in [3.05, 3.63) is 80.2 Å². The Bertz CT molecular complexity index is 1380. The van der Waals surface area contributed by atoms with Crippen molar-refractivity contribution in [2.75, 3.05) is 5.32 Å². The van der Waals surface area contributed by atoms with Gasteiger partial charge in [0, 0.05) is 42.3 Å². The molecule has 11 heteroatoms. The Kier molecular flexibility index (Phi) is 5.16. The molecular weight excluding hydrogens is 432 g/mol. The molecule has 0 spiro atoms. The molecule has 2 aromatic carbocycles. The third-order valence-corrected chi connectivity index (χ3v) is 5.41. The zero-order valence-electron chi connectivity index (χ0n) is 17.6. The molecule has 0 aliphatic carbocycles. The summed E-state index contributed by atoms with van der Waals surface area (Å²) >= 11 is 0. The predicted octanol–water partition coefficient (Wildman–Crippen LogP) is 2.63. The summed E-state index contributed by atoms with van der Waals surface area (Å²) < 4.78 is 5.22. The minimum atomic E-state index is -1.43. The summed E-state index contributed by atoms with van der Waals surface area (Å²) in [6.45, 7) is 2.65. The number of rotatable bonds is 5. The van der Waals surface area contributed by atoms with E-state index in [0.29, 0.717) is 22.2 Å². The first-order valence-corrected chi connectivity index (χ1v) is 9.82. The monoisotopic (exact) mass is 450 g/mol. The van der Waals surface area contributed by atoms with Crippen LogP contribution >= 0.6 is 0 Å². The second-order valence-electron chi connectivity index (χ2n) is 7.73. The number of anilines is 1. The number of nitrogens with one attached hydrogen (secondary N) is 2. The van der Waals surface area contributed by atoms with Gasteiger partial charge in [0.15, 0.2) is 0 Å². The number of urea groups is 1. The molecule has 0 bridgehead atoms. The van der Waals surface area contributed by atoms with Gasteiger partial charge in [-0.25, -0.2) is 9.59 Å². The maximum Gasteiger partial charge on any atom is 0.336 e. The number of carbonyl (C=O) groups is 3. The van der Waals surface area contributed by atoms with Crippen LogP contribution in [0.2, 0.25) is 0 Å². The van der Waals surface area contributed by atoms with Crippen molar-refractivity contribution in [3.63, 3.8) is 0 Å².